The molecular weight excluding hydrogens is 351 g/mol. The van der Waals surface area contributed by atoms with Gasteiger partial charge >= 0.3 is 0 Å². The van der Waals surface area contributed by atoms with E-state index >= 15 is 0 Å². The molecule has 22 heavy (non-hydrogen) atoms. The second-order valence-electron chi connectivity index (χ2n) is 6.86. The summed E-state index contributed by atoms with van der Waals surface area (Å²) in [6.45, 7) is 4.77. The molecule has 1 atom stereocenters. The van der Waals surface area contributed by atoms with Gasteiger partial charge in [-0.25, -0.2) is 0 Å². The van der Waals surface area contributed by atoms with E-state index in [1.165, 1.54) is 115 Å². The standard InChI is InChI=1S/C20H42BrP/c1-3-5-7-9-10-11-12-13-14-15-16-18-20-22(21)19-17-8-6-4-2/h3-20H2,1-2H3. The zero-order chi connectivity index (χ0) is 16.3. The summed E-state index contributed by atoms with van der Waals surface area (Å²) in [7, 11) is 0. The molecule has 0 spiro atoms. The van der Waals surface area contributed by atoms with Crippen LogP contribution in [-0.4, -0.2) is 12.3 Å². The third-order valence-corrected chi connectivity index (χ3v) is 8.24. The SMILES string of the molecule is CCCCCCCCCCCCCCP(Br)CCCCCC. The molecule has 2 heteroatoms. The average Bonchev–Trinajstić information content (AvgIpc) is 2.52. The van der Waals surface area contributed by atoms with Crippen molar-refractivity contribution in [2.24, 2.45) is 0 Å². The molecule has 0 aromatic carbocycles. The lowest BCUT2D eigenvalue weighted by Crippen LogP contribution is -1.88. The predicted octanol–water partition coefficient (Wildman–Crippen LogP) is 9.06. The van der Waals surface area contributed by atoms with E-state index in [9.17, 15) is 0 Å². The van der Waals surface area contributed by atoms with Gasteiger partial charge in [0.2, 0.25) is 0 Å². The summed E-state index contributed by atoms with van der Waals surface area (Å²) < 4.78 is 0. The van der Waals surface area contributed by atoms with E-state index in [1.54, 1.807) is 0 Å². The van der Waals surface area contributed by atoms with Crippen molar-refractivity contribution in [1.82, 2.24) is 0 Å². The van der Waals surface area contributed by atoms with E-state index in [4.69, 9.17) is 0 Å². The first-order chi connectivity index (χ1) is 10.8. The highest BCUT2D eigenvalue weighted by Gasteiger charge is 2.02. The van der Waals surface area contributed by atoms with Gasteiger partial charge in [0.1, 0.15) is 0 Å². The first kappa shape index (κ1) is 22.9. The minimum atomic E-state index is 0.177. The van der Waals surface area contributed by atoms with E-state index in [1.807, 2.05) is 0 Å². The molecule has 0 heterocycles. The summed E-state index contributed by atoms with van der Waals surface area (Å²) in [5.41, 5.74) is 0. The second-order valence-corrected chi connectivity index (χ2v) is 11.7. The van der Waals surface area contributed by atoms with E-state index in [0.29, 0.717) is 0 Å². The number of unbranched alkanes of at least 4 members (excludes halogenated alkanes) is 14. The van der Waals surface area contributed by atoms with Crippen molar-refractivity contribution in [3.63, 3.8) is 0 Å². The Morgan fingerprint density at radius 3 is 1.09 bits per heavy atom. The van der Waals surface area contributed by atoms with E-state index < -0.39 is 0 Å². The summed E-state index contributed by atoms with van der Waals surface area (Å²) >= 11 is 3.92. The molecule has 0 aliphatic rings. The Kier molecular flexibility index (Phi) is 20.8. The van der Waals surface area contributed by atoms with Crippen molar-refractivity contribution in [3.05, 3.63) is 0 Å². The Hall–Kier alpha value is 0.910. The largest absolute Gasteiger partial charge is 0.0654 e. The van der Waals surface area contributed by atoms with Gasteiger partial charge in [-0.2, -0.15) is 0 Å². The van der Waals surface area contributed by atoms with Crippen molar-refractivity contribution in [2.45, 2.75) is 117 Å². The fourth-order valence-corrected chi connectivity index (χ4v) is 5.81. The van der Waals surface area contributed by atoms with Crippen LogP contribution in [0.1, 0.15) is 117 Å². The van der Waals surface area contributed by atoms with E-state index in [-0.39, 0.29) is 6.62 Å². The highest BCUT2D eigenvalue weighted by Crippen LogP contribution is 2.45. The lowest BCUT2D eigenvalue weighted by Gasteiger charge is -2.09. The maximum atomic E-state index is 3.92. The van der Waals surface area contributed by atoms with Gasteiger partial charge in [0.25, 0.3) is 0 Å². The molecule has 1 unspecified atom stereocenters. The molecule has 0 aliphatic carbocycles. The first-order valence-corrected chi connectivity index (χ1v) is 13.9. The molecule has 0 saturated carbocycles. The third kappa shape index (κ3) is 19.0. The Bertz CT molecular complexity index is 196. The normalized spacial score (nSPS) is 12.7. The van der Waals surface area contributed by atoms with Gasteiger partial charge in [-0.05, 0) is 31.8 Å². The van der Waals surface area contributed by atoms with Crippen LogP contribution in [0.15, 0.2) is 0 Å². The zero-order valence-corrected chi connectivity index (χ0v) is 18.0. The van der Waals surface area contributed by atoms with Crippen LogP contribution in [0.2, 0.25) is 0 Å². The minimum absolute atomic E-state index is 0.177. The van der Waals surface area contributed by atoms with Crippen molar-refractivity contribution >= 4 is 22.1 Å². The molecule has 0 rings (SSSR count). The fraction of sp³-hybridized carbons (Fsp3) is 1.00. The van der Waals surface area contributed by atoms with Crippen molar-refractivity contribution < 1.29 is 0 Å². The molecule has 0 nitrogen and oxygen atoms in total. The van der Waals surface area contributed by atoms with Crippen LogP contribution in [0, 0.1) is 0 Å². The lowest BCUT2D eigenvalue weighted by atomic mass is 10.1. The summed E-state index contributed by atoms with van der Waals surface area (Å²) in [6, 6.07) is 0. The number of halogens is 1. The highest BCUT2D eigenvalue weighted by atomic mass is 79.9. The monoisotopic (exact) mass is 392 g/mol. The molecule has 0 saturated heterocycles. The predicted molar refractivity (Wildman–Crippen MR) is 111 cm³/mol. The topological polar surface area (TPSA) is 0 Å². The number of hydrogen-bond acceptors (Lipinski definition) is 0. The Balaban J connectivity index is 3.07. The first-order valence-electron chi connectivity index (χ1n) is 10.2. The van der Waals surface area contributed by atoms with Gasteiger partial charge in [0.15, 0.2) is 0 Å². The van der Waals surface area contributed by atoms with Crippen molar-refractivity contribution in [1.29, 1.82) is 0 Å². The van der Waals surface area contributed by atoms with Gasteiger partial charge in [0.05, 0.1) is 0 Å². The van der Waals surface area contributed by atoms with Gasteiger partial charge in [-0.15, -0.1) is 0 Å². The van der Waals surface area contributed by atoms with Gasteiger partial charge in [-0.3, -0.25) is 0 Å². The number of hydrogen-bond donors (Lipinski definition) is 0. The molecular formula is C20H42BrP. The molecule has 0 aromatic heterocycles. The molecule has 0 radical (unpaired) electrons. The summed E-state index contributed by atoms with van der Waals surface area (Å²) in [5, 5.41) is 0. The van der Waals surface area contributed by atoms with Crippen molar-refractivity contribution in [3.8, 4) is 0 Å². The summed E-state index contributed by atoms with van der Waals surface area (Å²) in [5.74, 6) is 0. The van der Waals surface area contributed by atoms with Crippen LogP contribution < -0.4 is 0 Å². The molecule has 0 aliphatic heterocycles. The van der Waals surface area contributed by atoms with Crippen LogP contribution in [0.3, 0.4) is 0 Å². The molecule has 134 valence electrons. The zero-order valence-electron chi connectivity index (χ0n) is 15.6. The van der Waals surface area contributed by atoms with Crippen LogP contribution in [0.4, 0.5) is 0 Å². The Morgan fingerprint density at radius 1 is 0.455 bits per heavy atom. The van der Waals surface area contributed by atoms with E-state index in [0.717, 1.165) is 0 Å². The molecule has 0 bridgehead atoms. The quantitative estimate of drug-likeness (QED) is 0.161. The van der Waals surface area contributed by atoms with Crippen LogP contribution >= 0.6 is 22.1 Å². The summed E-state index contributed by atoms with van der Waals surface area (Å²) in [6.07, 6.45) is 26.1. The lowest BCUT2D eigenvalue weighted by molar-refractivity contribution is 0.548. The van der Waals surface area contributed by atoms with Crippen LogP contribution in [0.25, 0.3) is 0 Å². The number of rotatable bonds is 18. The second kappa shape index (κ2) is 20.0. The maximum absolute atomic E-state index is 3.92. The average molecular weight is 393 g/mol. The van der Waals surface area contributed by atoms with Gasteiger partial charge in [0, 0.05) is 0 Å². The van der Waals surface area contributed by atoms with Crippen LogP contribution in [0.5, 0.6) is 0 Å². The molecule has 0 N–H and O–H groups in total. The third-order valence-electron chi connectivity index (χ3n) is 4.51. The van der Waals surface area contributed by atoms with E-state index in [2.05, 4.69) is 29.3 Å². The van der Waals surface area contributed by atoms with Gasteiger partial charge < -0.3 is 0 Å². The van der Waals surface area contributed by atoms with Gasteiger partial charge in [-0.1, -0.05) is 119 Å². The molecule has 0 aromatic rings. The van der Waals surface area contributed by atoms with Crippen molar-refractivity contribution in [2.75, 3.05) is 12.3 Å². The smallest absolute Gasteiger partial charge is 0.0227 e. The Labute approximate surface area is 151 Å². The maximum Gasteiger partial charge on any atom is -0.0227 e. The van der Waals surface area contributed by atoms with Crippen LogP contribution in [-0.2, 0) is 0 Å². The fourth-order valence-electron chi connectivity index (χ4n) is 2.95. The Morgan fingerprint density at radius 2 is 0.727 bits per heavy atom. The molecule has 0 fully saturated rings. The minimum Gasteiger partial charge on any atom is -0.0654 e. The highest BCUT2D eigenvalue weighted by molar-refractivity contribution is 9.39. The molecule has 0 amide bonds. The summed E-state index contributed by atoms with van der Waals surface area (Å²) in [4.78, 5) is 0.